The SMILES string of the molecule is CC1(C)CC(OC(=O)C(C#N)(Cc2cc(C(C)(C)C)c(O)c(C(C)(C)C)c2)N2C(C)(C)CCCC2(C)C)CC(C)(C)N1. The van der Waals surface area contributed by atoms with Crippen LogP contribution in [0.2, 0.25) is 0 Å². The van der Waals surface area contributed by atoms with E-state index in [-0.39, 0.29) is 34.4 Å². The number of ether oxygens (including phenoxy) is 1. The first-order valence-corrected chi connectivity index (χ1v) is 15.9. The summed E-state index contributed by atoms with van der Waals surface area (Å²) in [6, 6.07) is 6.59. The van der Waals surface area contributed by atoms with Crippen LogP contribution in [0.1, 0.15) is 146 Å². The Morgan fingerprint density at radius 1 is 0.929 bits per heavy atom. The summed E-state index contributed by atoms with van der Waals surface area (Å²) in [7, 11) is 0. The minimum absolute atomic E-state index is 0.180. The highest BCUT2D eigenvalue weighted by Gasteiger charge is 2.58. The van der Waals surface area contributed by atoms with E-state index in [1.807, 2.05) is 12.1 Å². The van der Waals surface area contributed by atoms with E-state index in [2.05, 4.69) is 113 Å². The lowest BCUT2D eigenvalue weighted by Crippen LogP contribution is -2.71. The Hall–Kier alpha value is -2.10. The molecule has 0 aliphatic carbocycles. The average Bonchev–Trinajstić information content (AvgIpc) is 2.74. The Labute approximate surface area is 256 Å². The number of rotatable bonds is 5. The number of nitriles is 1. The number of hydrogen-bond donors (Lipinski definition) is 2. The highest BCUT2D eigenvalue weighted by molar-refractivity contribution is 5.85. The fourth-order valence-electron chi connectivity index (χ4n) is 8.20. The fraction of sp³-hybridized carbons (Fsp3) is 0.778. The number of nitrogens with one attached hydrogen (secondary N) is 1. The van der Waals surface area contributed by atoms with E-state index < -0.39 is 22.6 Å². The van der Waals surface area contributed by atoms with Crippen molar-refractivity contribution in [2.45, 2.75) is 180 Å². The number of aromatic hydroxyl groups is 1. The molecular formula is C36H59N3O3. The van der Waals surface area contributed by atoms with Crippen LogP contribution in [0.25, 0.3) is 0 Å². The quantitative estimate of drug-likeness (QED) is 0.347. The van der Waals surface area contributed by atoms with Gasteiger partial charge in [-0.05, 0) is 102 Å². The van der Waals surface area contributed by atoms with Gasteiger partial charge in [-0.2, -0.15) is 5.26 Å². The Morgan fingerprint density at radius 2 is 1.36 bits per heavy atom. The van der Waals surface area contributed by atoms with Crippen LogP contribution >= 0.6 is 0 Å². The number of nitrogens with zero attached hydrogens (tertiary/aromatic N) is 2. The summed E-state index contributed by atoms with van der Waals surface area (Å²) in [5.41, 5.74) is -0.902. The van der Waals surface area contributed by atoms with Crippen LogP contribution in [0.5, 0.6) is 5.75 Å². The van der Waals surface area contributed by atoms with Gasteiger partial charge >= 0.3 is 5.97 Å². The molecule has 2 N–H and O–H groups in total. The van der Waals surface area contributed by atoms with Crippen molar-refractivity contribution in [2.24, 2.45) is 0 Å². The van der Waals surface area contributed by atoms with Crippen LogP contribution < -0.4 is 5.32 Å². The number of hydrogen-bond acceptors (Lipinski definition) is 6. The minimum atomic E-state index is -1.55. The molecule has 0 radical (unpaired) electrons. The molecule has 1 unspecified atom stereocenters. The monoisotopic (exact) mass is 581 g/mol. The summed E-state index contributed by atoms with van der Waals surface area (Å²) in [5, 5.41) is 26.3. The second-order valence-corrected chi connectivity index (χ2v) is 17.8. The summed E-state index contributed by atoms with van der Waals surface area (Å²) in [5.74, 6) is -0.170. The lowest BCUT2D eigenvalue weighted by molar-refractivity contribution is -0.178. The smallest absolute Gasteiger partial charge is 0.342 e. The lowest BCUT2D eigenvalue weighted by Gasteiger charge is -2.58. The summed E-state index contributed by atoms with van der Waals surface area (Å²) >= 11 is 0. The minimum Gasteiger partial charge on any atom is -0.507 e. The van der Waals surface area contributed by atoms with Crippen LogP contribution in [-0.2, 0) is 26.8 Å². The van der Waals surface area contributed by atoms with Crippen LogP contribution in [0.4, 0.5) is 0 Å². The van der Waals surface area contributed by atoms with E-state index in [1.165, 1.54) is 0 Å². The van der Waals surface area contributed by atoms with Gasteiger partial charge in [-0.15, -0.1) is 0 Å². The molecule has 2 saturated heterocycles. The molecule has 2 heterocycles. The third kappa shape index (κ3) is 6.99. The second kappa shape index (κ2) is 10.8. The molecular weight excluding hydrogens is 522 g/mol. The van der Waals surface area contributed by atoms with Gasteiger partial charge in [-0.1, -0.05) is 53.7 Å². The van der Waals surface area contributed by atoms with Crippen molar-refractivity contribution in [2.75, 3.05) is 0 Å². The highest BCUT2D eigenvalue weighted by Crippen LogP contribution is 2.47. The Kier molecular flexibility index (Phi) is 8.85. The van der Waals surface area contributed by atoms with Crippen LogP contribution in [0.3, 0.4) is 0 Å². The fourth-order valence-corrected chi connectivity index (χ4v) is 8.20. The molecule has 0 aromatic heterocycles. The van der Waals surface area contributed by atoms with Gasteiger partial charge in [0.25, 0.3) is 0 Å². The average molecular weight is 582 g/mol. The number of benzene rings is 1. The van der Waals surface area contributed by atoms with Gasteiger partial charge in [0, 0.05) is 41.4 Å². The molecule has 2 aliphatic heterocycles. The number of carbonyl (C=O) groups excluding carboxylic acids is 1. The molecule has 0 bridgehead atoms. The zero-order valence-electron chi connectivity index (χ0n) is 29.1. The molecule has 2 fully saturated rings. The predicted molar refractivity (Wildman–Crippen MR) is 172 cm³/mol. The molecule has 6 heteroatoms. The van der Waals surface area contributed by atoms with Crippen molar-refractivity contribution < 1.29 is 14.6 Å². The van der Waals surface area contributed by atoms with Crippen LogP contribution in [-0.4, -0.2) is 49.8 Å². The number of carbonyl (C=O) groups is 1. The van der Waals surface area contributed by atoms with Gasteiger partial charge < -0.3 is 15.2 Å². The Morgan fingerprint density at radius 3 is 1.74 bits per heavy atom. The van der Waals surface area contributed by atoms with Crippen molar-refractivity contribution in [1.82, 2.24) is 10.2 Å². The van der Waals surface area contributed by atoms with Gasteiger partial charge in [-0.25, -0.2) is 4.79 Å². The topological polar surface area (TPSA) is 85.6 Å². The molecule has 3 rings (SSSR count). The maximum Gasteiger partial charge on any atom is 0.342 e. The van der Waals surface area contributed by atoms with E-state index in [9.17, 15) is 15.2 Å². The van der Waals surface area contributed by atoms with Crippen LogP contribution in [0, 0.1) is 11.3 Å². The number of phenolic OH excluding ortho intramolecular Hbond substituents is 1. The maximum absolute atomic E-state index is 14.7. The maximum atomic E-state index is 14.7. The largest absolute Gasteiger partial charge is 0.507 e. The summed E-state index contributed by atoms with van der Waals surface area (Å²) in [4.78, 5) is 16.9. The number of piperidine rings is 2. The third-order valence-electron chi connectivity index (χ3n) is 9.36. The molecule has 236 valence electrons. The van der Waals surface area contributed by atoms with Crippen molar-refractivity contribution in [3.8, 4) is 11.8 Å². The van der Waals surface area contributed by atoms with Gasteiger partial charge in [0.2, 0.25) is 5.54 Å². The van der Waals surface area contributed by atoms with Crippen molar-refractivity contribution >= 4 is 5.97 Å². The van der Waals surface area contributed by atoms with Crippen molar-refractivity contribution in [1.29, 1.82) is 5.26 Å². The molecule has 0 saturated carbocycles. The summed E-state index contributed by atoms with van der Waals surface area (Å²) in [6.45, 7) is 29.7. The first-order chi connectivity index (χ1) is 18.8. The van der Waals surface area contributed by atoms with Gasteiger partial charge in [-0.3, -0.25) is 4.90 Å². The Balaban J connectivity index is 2.25. The molecule has 1 aromatic rings. The number of esters is 1. The highest BCUT2D eigenvalue weighted by atomic mass is 16.5. The number of likely N-dealkylation sites (tertiary alicyclic amines) is 1. The van der Waals surface area contributed by atoms with Crippen LogP contribution in [0.15, 0.2) is 12.1 Å². The first-order valence-electron chi connectivity index (χ1n) is 15.9. The van der Waals surface area contributed by atoms with Gasteiger partial charge in [0.1, 0.15) is 11.9 Å². The van der Waals surface area contributed by atoms with E-state index in [0.29, 0.717) is 18.6 Å². The first kappa shape index (κ1) is 34.4. The molecule has 0 amide bonds. The van der Waals surface area contributed by atoms with Gasteiger partial charge in [0.15, 0.2) is 0 Å². The molecule has 6 nitrogen and oxygen atoms in total. The standard InChI is InChI=1S/C36H59N3O3/c1-30(2,3)26-18-24(19-27(28(26)40)31(4,5)6)20-36(23-37,39-34(11,12)16-15-17-35(39,13)14)29(41)42-25-21-32(7,8)38-33(9,10)22-25/h18-19,25,38,40H,15-17,20-22H2,1-14H3. The zero-order valence-corrected chi connectivity index (χ0v) is 29.1. The molecule has 2 aliphatic rings. The zero-order chi connectivity index (χ0) is 32.3. The predicted octanol–water partition coefficient (Wildman–Crippen LogP) is 7.69. The third-order valence-corrected chi connectivity index (χ3v) is 9.36. The van der Waals surface area contributed by atoms with E-state index >= 15 is 0 Å². The molecule has 0 spiro atoms. The normalized spacial score (nSPS) is 23.9. The van der Waals surface area contributed by atoms with Crippen molar-refractivity contribution in [3.63, 3.8) is 0 Å². The summed E-state index contributed by atoms with van der Waals surface area (Å²) < 4.78 is 6.46. The number of phenols is 1. The summed E-state index contributed by atoms with van der Waals surface area (Å²) in [6.07, 6.45) is 4.04. The van der Waals surface area contributed by atoms with Crippen molar-refractivity contribution in [3.05, 3.63) is 28.8 Å². The van der Waals surface area contributed by atoms with E-state index in [0.717, 1.165) is 36.0 Å². The van der Waals surface area contributed by atoms with E-state index in [4.69, 9.17) is 4.74 Å². The molecule has 1 aromatic carbocycles. The Bertz CT molecular complexity index is 1160. The van der Waals surface area contributed by atoms with E-state index in [1.54, 1.807) is 0 Å². The second-order valence-electron chi connectivity index (χ2n) is 17.8. The lowest BCUT2D eigenvalue weighted by atomic mass is 9.72. The van der Waals surface area contributed by atoms with Gasteiger partial charge in [0.05, 0.1) is 6.07 Å². The molecule has 1 atom stereocenters. The molecule has 42 heavy (non-hydrogen) atoms.